The van der Waals surface area contributed by atoms with Gasteiger partial charge >= 0.3 is 0 Å². The summed E-state index contributed by atoms with van der Waals surface area (Å²) in [6.07, 6.45) is 5.92. The predicted octanol–water partition coefficient (Wildman–Crippen LogP) is 2.87. The highest BCUT2D eigenvalue weighted by Crippen LogP contribution is 2.19. The van der Waals surface area contributed by atoms with Gasteiger partial charge in [0.2, 0.25) is 0 Å². The Balaban J connectivity index is 2.62. The first-order chi connectivity index (χ1) is 7.88. The first-order valence-electron chi connectivity index (χ1n) is 5.58. The lowest BCUT2D eigenvalue weighted by atomic mass is 10.2. The maximum atomic E-state index is 5.55. The molecule has 0 atom stereocenters. The molecule has 0 fully saturated rings. The molecule has 0 spiro atoms. The van der Waals surface area contributed by atoms with Crippen LogP contribution in [0.1, 0.15) is 12.5 Å². The summed E-state index contributed by atoms with van der Waals surface area (Å²) in [5.41, 5.74) is 1.10. The summed E-state index contributed by atoms with van der Waals surface area (Å²) >= 11 is 0. The van der Waals surface area contributed by atoms with Crippen molar-refractivity contribution < 1.29 is 4.74 Å². The molecule has 86 valence electrons. The molecular weight excluding hydrogens is 198 g/mol. The molecule has 1 aromatic carbocycles. The second-order valence-electron chi connectivity index (χ2n) is 3.35. The average Bonchev–Trinajstić information content (AvgIpc) is 2.33. The Bertz CT molecular complexity index is 344. The van der Waals surface area contributed by atoms with Crippen molar-refractivity contribution in [3.63, 3.8) is 0 Å². The number of ether oxygens (including phenoxy) is 1. The molecule has 0 amide bonds. The fourth-order valence-electron chi connectivity index (χ4n) is 1.31. The van der Waals surface area contributed by atoms with Gasteiger partial charge in [0.1, 0.15) is 12.4 Å². The van der Waals surface area contributed by atoms with Gasteiger partial charge in [-0.05, 0) is 12.6 Å². The van der Waals surface area contributed by atoms with Gasteiger partial charge in [-0.25, -0.2) is 0 Å². The van der Waals surface area contributed by atoms with E-state index in [0.717, 1.165) is 24.4 Å². The van der Waals surface area contributed by atoms with Crippen LogP contribution in [0.2, 0.25) is 0 Å². The van der Waals surface area contributed by atoms with Gasteiger partial charge in [0.15, 0.2) is 0 Å². The zero-order chi connectivity index (χ0) is 11.6. The van der Waals surface area contributed by atoms with Crippen LogP contribution in [0.5, 0.6) is 5.75 Å². The van der Waals surface area contributed by atoms with E-state index in [2.05, 4.69) is 31.0 Å². The summed E-state index contributed by atoms with van der Waals surface area (Å²) in [6, 6.07) is 7.99. The highest BCUT2D eigenvalue weighted by atomic mass is 16.5. The normalized spacial score (nSPS) is 10.6. The molecule has 16 heavy (non-hydrogen) atoms. The van der Waals surface area contributed by atoms with E-state index in [1.165, 1.54) is 0 Å². The Hall–Kier alpha value is -1.54. The van der Waals surface area contributed by atoms with Gasteiger partial charge in [0.25, 0.3) is 0 Å². The average molecular weight is 217 g/mol. The second kappa shape index (κ2) is 7.71. The summed E-state index contributed by atoms with van der Waals surface area (Å²) in [5.74, 6) is 0.898. The Morgan fingerprint density at radius 3 is 2.94 bits per heavy atom. The van der Waals surface area contributed by atoms with E-state index in [0.29, 0.717) is 6.61 Å². The topological polar surface area (TPSA) is 21.3 Å². The Kier molecular flexibility index (Phi) is 6.04. The van der Waals surface area contributed by atoms with Gasteiger partial charge in [-0.15, -0.1) is 0 Å². The number of likely N-dealkylation sites (N-methyl/N-ethyl adjacent to an activating group) is 1. The minimum absolute atomic E-state index is 0.540. The minimum atomic E-state index is 0.540. The van der Waals surface area contributed by atoms with Crippen molar-refractivity contribution in [3.05, 3.63) is 48.6 Å². The van der Waals surface area contributed by atoms with Crippen molar-refractivity contribution in [1.29, 1.82) is 0 Å². The molecule has 1 N–H and O–H groups in total. The molecule has 0 aliphatic carbocycles. The number of nitrogens with one attached hydrogen (secondary N) is 1. The van der Waals surface area contributed by atoms with Crippen LogP contribution in [0.15, 0.2) is 43.0 Å². The zero-order valence-electron chi connectivity index (χ0n) is 9.78. The Morgan fingerprint density at radius 2 is 2.19 bits per heavy atom. The van der Waals surface area contributed by atoms with Crippen LogP contribution in [0.3, 0.4) is 0 Å². The molecule has 2 heteroatoms. The zero-order valence-corrected chi connectivity index (χ0v) is 9.78. The van der Waals surface area contributed by atoms with E-state index < -0.39 is 0 Å². The van der Waals surface area contributed by atoms with Gasteiger partial charge in [-0.3, -0.25) is 0 Å². The SMILES string of the molecule is C=CCOc1ccccc1C=CCNCC. The third-order valence-corrected chi connectivity index (χ3v) is 2.09. The van der Waals surface area contributed by atoms with Crippen LogP contribution < -0.4 is 10.1 Å². The van der Waals surface area contributed by atoms with Crippen LogP contribution >= 0.6 is 0 Å². The molecule has 2 nitrogen and oxygen atoms in total. The lowest BCUT2D eigenvalue weighted by Gasteiger charge is -2.06. The van der Waals surface area contributed by atoms with Gasteiger partial charge in [0.05, 0.1) is 0 Å². The fraction of sp³-hybridized carbons (Fsp3) is 0.286. The van der Waals surface area contributed by atoms with Gasteiger partial charge in [-0.1, -0.05) is 49.9 Å². The first kappa shape index (κ1) is 12.5. The van der Waals surface area contributed by atoms with Crippen molar-refractivity contribution in [2.45, 2.75) is 6.92 Å². The molecule has 1 rings (SSSR count). The summed E-state index contributed by atoms with van der Waals surface area (Å²) in [5, 5.41) is 3.24. The summed E-state index contributed by atoms with van der Waals surface area (Å²) in [7, 11) is 0. The maximum absolute atomic E-state index is 5.55. The molecule has 0 bridgehead atoms. The molecule has 1 aromatic rings. The Morgan fingerprint density at radius 1 is 1.38 bits per heavy atom. The van der Waals surface area contributed by atoms with Crippen LogP contribution in [0, 0.1) is 0 Å². The van der Waals surface area contributed by atoms with Crippen LogP contribution in [-0.2, 0) is 0 Å². The number of para-hydroxylation sites is 1. The van der Waals surface area contributed by atoms with Crippen LogP contribution in [-0.4, -0.2) is 19.7 Å². The van der Waals surface area contributed by atoms with E-state index >= 15 is 0 Å². The maximum Gasteiger partial charge on any atom is 0.126 e. The minimum Gasteiger partial charge on any atom is -0.489 e. The van der Waals surface area contributed by atoms with Gasteiger partial charge in [-0.2, -0.15) is 0 Å². The van der Waals surface area contributed by atoms with E-state index in [9.17, 15) is 0 Å². The molecule has 0 saturated heterocycles. The van der Waals surface area contributed by atoms with Crippen molar-refractivity contribution >= 4 is 6.08 Å². The third-order valence-electron chi connectivity index (χ3n) is 2.09. The largest absolute Gasteiger partial charge is 0.489 e. The Labute approximate surface area is 97.6 Å². The molecular formula is C14H19NO. The van der Waals surface area contributed by atoms with Gasteiger partial charge in [0, 0.05) is 12.1 Å². The number of hydrogen-bond acceptors (Lipinski definition) is 2. The quantitative estimate of drug-likeness (QED) is 0.560. The summed E-state index contributed by atoms with van der Waals surface area (Å²) < 4.78 is 5.55. The van der Waals surface area contributed by atoms with Crippen LogP contribution in [0.25, 0.3) is 6.08 Å². The molecule has 0 saturated carbocycles. The lowest BCUT2D eigenvalue weighted by Crippen LogP contribution is -2.11. The number of rotatable bonds is 7. The standard InChI is InChI=1S/C14H19NO/c1-3-12-16-14-10-6-5-8-13(14)9-7-11-15-4-2/h3,5-10,15H,1,4,11-12H2,2H3. The van der Waals surface area contributed by atoms with Crippen LogP contribution in [0.4, 0.5) is 0 Å². The van der Waals surface area contributed by atoms with Crippen molar-refractivity contribution in [2.75, 3.05) is 19.7 Å². The molecule has 0 heterocycles. The van der Waals surface area contributed by atoms with E-state index in [1.807, 2.05) is 24.3 Å². The number of benzene rings is 1. The van der Waals surface area contributed by atoms with E-state index in [-0.39, 0.29) is 0 Å². The second-order valence-corrected chi connectivity index (χ2v) is 3.35. The molecule has 0 radical (unpaired) electrons. The molecule has 0 unspecified atom stereocenters. The van der Waals surface area contributed by atoms with E-state index in [4.69, 9.17) is 4.74 Å². The smallest absolute Gasteiger partial charge is 0.126 e. The van der Waals surface area contributed by atoms with Crippen molar-refractivity contribution in [3.8, 4) is 5.75 Å². The lowest BCUT2D eigenvalue weighted by molar-refractivity contribution is 0.362. The van der Waals surface area contributed by atoms with E-state index in [1.54, 1.807) is 6.08 Å². The molecule has 0 aromatic heterocycles. The monoisotopic (exact) mass is 217 g/mol. The first-order valence-corrected chi connectivity index (χ1v) is 5.58. The summed E-state index contributed by atoms with van der Waals surface area (Å²) in [4.78, 5) is 0. The highest BCUT2D eigenvalue weighted by molar-refractivity contribution is 5.57. The highest BCUT2D eigenvalue weighted by Gasteiger charge is 1.97. The van der Waals surface area contributed by atoms with Gasteiger partial charge < -0.3 is 10.1 Å². The van der Waals surface area contributed by atoms with Crippen molar-refractivity contribution in [1.82, 2.24) is 5.32 Å². The molecule has 0 aliphatic rings. The fourth-order valence-corrected chi connectivity index (χ4v) is 1.31. The van der Waals surface area contributed by atoms with Crippen molar-refractivity contribution in [2.24, 2.45) is 0 Å². The number of hydrogen-bond donors (Lipinski definition) is 1. The predicted molar refractivity (Wildman–Crippen MR) is 69.7 cm³/mol. The summed E-state index contributed by atoms with van der Waals surface area (Å²) in [6.45, 7) is 8.14. The third kappa shape index (κ3) is 4.32. The molecule has 0 aliphatic heterocycles.